The van der Waals surface area contributed by atoms with E-state index >= 15 is 0 Å². The summed E-state index contributed by atoms with van der Waals surface area (Å²) in [6, 6.07) is 0. The average Bonchev–Trinajstić information content (AvgIpc) is 1.94. The molecule has 1 fully saturated rings. The molecule has 1 saturated heterocycles. The highest BCUT2D eigenvalue weighted by Gasteiger charge is 2.02. The fourth-order valence-corrected chi connectivity index (χ4v) is 1.10. The minimum atomic E-state index is 1.10. The van der Waals surface area contributed by atoms with Crippen LogP contribution in [0.15, 0.2) is 0 Å². The molecule has 0 amide bonds. The van der Waals surface area contributed by atoms with Gasteiger partial charge in [-0.25, -0.2) is 5.01 Å². The lowest BCUT2D eigenvalue weighted by molar-refractivity contribution is 0.296. The second-order valence-electron chi connectivity index (χ2n) is 2.45. The van der Waals surface area contributed by atoms with Gasteiger partial charge in [0.15, 0.2) is 0 Å². The molecule has 1 aliphatic heterocycles. The number of hydrogen-bond acceptors (Lipinski definition) is 2. The Morgan fingerprint density at radius 1 is 0.875 bits per heavy atom. The van der Waals surface area contributed by atoms with Crippen molar-refractivity contribution < 1.29 is 0 Å². The van der Waals surface area contributed by atoms with E-state index in [2.05, 4.69) is 0 Å². The quantitative estimate of drug-likeness (QED) is 0.470. The summed E-state index contributed by atoms with van der Waals surface area (Å²) in [6.07, 6.45) is 5.31. The molecule has 0 saturated carbocycles. The van der Waals surface area contributed by atoms with Crippen molar-refractivity contribution in [2.75, 3.05) is 13.1 Å². The van der Waals surface area contributed by atoms with E-state index in [-0.39, 0.29) is 0 Å². The minimum Gasteiger partial charge on any atom is -0.269 e. The van der Waals surface area contributed by atoms with E-state index in [4.69, 9.17) is 5.84 Å². The van der Waals surface area contributed by atoms with Crippen molar-refractivity contribution in [3.63, 3.8) is 0 Å². The van der Waals surface area contributed by atoms with Crippen LogP contribution in [0.5, 0.6) is 0 Å². The fourth-order valence-electron chi connectivity index (χ4n) is 1.10. The third-order valence-corrected chi connectivity index (χ3v) is 1.64. The van der Waals surface area contributed by atoms with Gasteiger partial charge in [-0.05, 0) is 12.8 Å². The summed E-state index contributed by atoms with van der Waals surface area (Å²) in [5.41, 5.74) is 0. The van der Waals surface area contributed by atoms with Crippen molar-refractivity contribution in [3.05, 3.63) is 0 Å². The lowest BCUT2D eigenvalue weighted by atomic mass is 10.2. The molecule has 48 valence electrons. The van der Waals surface area contributed by atoms with Gasteiger partial charge in [0.25, 0.3) is 0 Å². The summed E-state index contributed by atoms with van der Waals surface area (Å²) >= 11 is 0. The highest BCUT2D eigenvalue weighted by Crippen LogP contribution is 2.05. The molecule has 0 atom stereocenters. The van der Waals surface area contributed by atoms with E-state index in [1.165, 1.54) is 25.7 Å². The summed E-state index contributed by atoms with van der Waals surface area (Å²) in [6.45, 7) is 2.19. The summed E-state index contributed by atoms with van der Waals surface area (Å²) < 4.78 is 0. The number of nitrogens with zero attached hydrogens (tertiary/aromatic N) is 1. The highest BCUT2D eigenvalue weighted by atomic mass is 15.4. The van der Waals surface area contributed by atoms with E-state index in [9.17, 15) is 0 Å². The summed E-state index contributed by atoms with van der Waals surface area (Å²) in [5.74, 6) is 5.57. The molecule has 2 nitrogen and oxygen atoms in total. The Morgan fingerprint density at radius 3 is 1.88 bits per heavy atom. The first-order valence-electron chi connectivity index (χ1n) is 3.39. The van der Waals surface area contributed by atoms with Gasteiger partial charge in [0.2, 0.25) is 0 Å². The molecule has 2 heteroatoms. The molecule has 0 radical (unpaired) electrons. The predicted molar refractivity (Wildman–Crippen MR) is 34.2 cm³/mol. The molecular weight excluding hydrogens is 100 g/mol. The second kappa shape index (κ2) is 3.05. The van der Waals surface area contributed by atoms with Crippen molar-refractivity contribution in [1.82, 2.24) is 5.01 Å². The van der Waals surface area contributed by atoms with E-state index in [0.717, 1.165) is 13.1 Å². The van der Waals surface area contributed by atoms with Gasteiger partial charge >= 0.3 is 0 Å². The number of hydrogen-bond donors (Lipinski definition) is 1. The molecule has 0 aromatic carbocycles. The van der Waals surface area contributed by atoms with Crippen LogP contribution in [0.25, 0.3) is 0 Å². The third kappa shape index (κ3) is 1.80. The van der Waals surface area contributed by atoms with Gasteiger partial charge in [0.1, 0.15) is 0 Å². The maximum absolute atomic E-state index is 5.57. The Kier molecular flexibility index (Phi) is 2.30. The van der Waals surface area contributed by atoms with Gasteiger partial charge < -0.3 is 0 Å². The SMILES string of the molecule is NN1CCCCCC1. The molecule has 2 N–H and O–H groups in total. The molecule has 0 spiro atoms. The standard InChI is InChI=1S/C6H14N2/c7-8-5-3-1-2-4-6-8/h1-7H2. The van der Waals surface area contributed by atoms with Crippen LogP contribution in [0.2, 0.25) is 0 Å². The molecule has 1 aliphatic rings. The van der Waals surface area contributed by atoms with Crippen LogP contribution in [0.3, 0.4) is 0 Å². The highest BCUT2D eigenvalue weighted by molar-refractivity contribution is 4.55. The zero-order valence-electron chi connectivity index (χ0n) is 5.27. The largest absolute Gasteiger partial charge is 0.269 e. The van der Waals surface area contributed by atoms with Gasteiger partial charge in [-0.15, -0.1) is 0 Å². The Labute approximate surface area is 50.6 Å². The Balaban J connectivity index is 2.17. The number of nitrogens with two attached hydrogens (primary N) is 1. The van der Waals surface area contributed by atoms with Crippen LogP contribution < -0.4 is 5.84 Å². The molecule has 0 bridgehead atoms. The molecule has 0 aromatic rings. The molecular formula is C6H14N2. The molecule has 0 unspecified atom stereocenters. The number of hydrazine groups is 1. The van der Waals surface area contributed by atoms with Gasteiger partial charge in [0.05, 0.1) is 0 Å². The first-order valence-corrected chi connectivity index (χ1v) is 3.39. The van der Waals surface area contributed by atoms with Crippen molar-refractivity contribution >= 4 is 0 Å². The normalized spacial score (nSPS) is 25.1. The average molecular weight is 114 g/mol. The summed E-state index contributed by atoms with van der Waals surface area (Å²) in [5, 5.41) is 1.92. The van der Waals surface area contributed by atoms with Gasteiger partial charge in [-0.3, -0.25) is 5.84 Å². The fraction of sp³-hybridized carbons (Fsp3) is 1.00. The zero-order chi connectivity index (χ0) is 5.82. The van der Waals surface area contributed by atoms with Crippen LogP contribution in [0.4, 0.5) is 0 Å². The third-order valence-electron chi connectivity index (χ3n) is 1.64. The van der Waals surface area contributed by atoms with Crippen molar-refractivity contribution in [1.29, 1.82) is 0 Å². The van der Waals surface area contributed by atoms with Crippen LogP contribution in [0.1, 0.15) is 25.7 Å². The molecule has 8 heavy (non-hydrogen) atoms. The second-order valence-corrected chi connectivity index (χ2v) is 2.45. The maximum atomic E-state index is 5.57. The lowest BCUT2D eigenvalue weighted by Gasteiger charge is -2.10. The Hall–Kier alpha value is -0.0800. The lowest BCUT2D eigenvalue weighted by Crippen LogP contribution is -2.31. The monoisotopic (exact) mass is 114 g/mol. The molecule has 0 aliphatic carbocycles. The van der Waals surface area contributed by atoms with E-state index < -0.39 is 0 Å². The molecule has 0 aromatic heterocycles. The Morgan fingerprint density at radius 2 is 1.38 bits per heavy atom. The first kappa shape index (κ1) is 6.05. The molecule has 1 heterocycles. The van der Waals surface area contributed by atoms with Crippen LogP contribution in [0, 0.1) is 0 Å². The molecule has 1 rings (SSSR count). The Bertz CT molecular complexity index is 55.5. The number of rotatable bonds is 0. The zero-order valence-corrected chi connectivity index (χ0v) is 5.27. The minimum absolute atomic E-state index is 1.10. The predicted octanol–water partition coefficient (Wildman–Crippen LogP) is 0.736. The van der Waals surface area contributed by atoms with Crippen LogP contribution in [-0.4, -0.2) is 18.1 Å². The first-order chi connectivity index (χ1) is 3.89. The van der Waals surface area contributed by atoms with Crippen molar-refractivity contribution in [2.24, 2.45) is 5.84 Å². The van der Waals surface area contributed by atoms with Gasteiger partial charge in [-0.2, -0.15) is 0 Å². The van der Waals surface area contributed by atoms with E-state index in [0.29, 0.717) is 0 Å². The smallest absolute Gasteiger partial charge is 0.0128 e. The van der Waals surface area contributed by atoms with Crippen LogP contribution in [-0.2, 0) is 0 Å². The van der Waals surface area contributed by atoms with Crippen LogP contribution >= 0.6 is 0 Å². The van der Waals surface area contributed by atoms with Crippen molar-refractivity contribution in [3.8, 4) is 0 Å². The van der Waals surface area contributed by atoms with Crippen molar-refractivity contribution in [2.45, 2.75) is 25.7 Å². The van der Waals surface area contributed by atoms with E-state index in [1.54, 1.807) is 0 Å². The van der Waals surface area contributed by atoms with E-state index in [1.807, 2.05) is 5.01 Å². The summed E-state index contributed by atoms with van der Waals surface area (Å²) in [7, 11) is 0. The van der Waals surface area contributed by atoms with Gasteiger partial charge in [0, 0.05) is 13.1 Å². The summed E-state index contributed by atoms with van der Waals surface area (Å²) in [4.78, 5) is 0. The van der Waals surface area contributed by atoms with Gasteiger partial charge in [-0.1, -0.05) is 12.8 Å². The maximum Gasteiger partial charge on any atom is 0.0128 e. The topological polar surface area (TPSA) is 29.3 Å².